The Morgan fingerprint density at radius 1 is 1.19 bits per heavy atom. The van der Waals surface area contributed by atoms with Gasteiger partial charge in [0.25, 0.3) is 0 Å². The number of nitrogens with zero attached hydrogens (tertiary/aromatic N) is 4. The van der Waals surface area contributed by atoms with E-state index < -0.39 is 11.7 Å². The molecule has 0 aliphatic carbocycles. The molecule has 2 fully saturated rings. The predicted molar refractivity (Wildman–Crippen MR) is 92.9 cm³/mol. The Morgan fingerprint density at radius 3 is 2.65 bits per heavy atom. The molecule has 2 aliphatic rings. The van der Waals surface area contributed by atoms with Crippen LogP contribution in [-0.2, 0) is 11.0 Å². The monoisotopic (exact) mass is 370 g/mol. The topological polar surface area (TPSA) is 39.7 Å². The van der Waals surface area contributed by atoms with E-state index in [1.54, 1.807) is 0 Å². The number of rotatable bonds is 3. The highest BCUT2D eigenvalue weighted by molar-refractivity contribution is 5.80. The Labute approximate surface area is 151 Å². The van der Waals surface area contributed by atoms with E-state index in [4.69, 9.17) is 0 Å². The molecule has 3 heterocycles. The van der Waals surface area contributed by atoms with E-state index in [9.17, 15) is 18.0 Å². The number of hydrogen-bond acceptors (Lipinski definition) is 4. The molecule has 0 spiro atoms. The van der Waals surface area contributed by atoms with Crippen molar-refractivity contribution in [3.05, 3.63) is 23.9 Å². The van der Waals surface area contributed by atoms with Gasteiger partial charge in [0.15, 0.2) is 0 Å². The fourth-order valence-electron chi connectivity index (χ4n) is 3.68. The van der Waals surface area contributed by atoms with Crippen molar-refractivity contribution in [2.75, 3.05) is 50.7 Å². The number of likely N-dealkylation sites (N-methyl/N-ethyl adjacent to an activating group) is 1. The van der Waals surface area contributed by atoms with Gasteiger partial charge in [-0.15, -0.1) is 0 Å². The van der Waals surface area contributed by atoms with Crippen LogP contribution in [-0.4, -0.2) is 66.5 Å². The molecule has 144 valence electrons. The van der Waals surface area contributed by atoms with Gasteiger partial charge in [0.05, 0.1) is 11.5 Å². The van der Waals surface area contributed by atoms with E-state index in [-0.39, 0.29) is 11.8 Å². The maximum atomic E-state index is 12.8. The minimum Gasteiger partial charge on any atom is -0.356 e. The smallest absolute Gasteiger partial charge is 0.356 e. The summed E-state index contributed by atoms with van der Waals surface area (Å²) >= 11 is 0. The largest absolute Gasteiger partial charge is 0.417 e. The summed E-state index contributed by atoms with van der Waals surface area (Å²) in [6.45, 7) is 7.74. The first kappa shape index (κ1) is 18.9. The van der Waals surface area contributed by atoms with Crippen LogP contribution in [0, 0.1) is 5.92 Å². The molecule has 1 aromatic heterocycles. The highest BCUT2D eigenvalue weighted by atomic mass is 19.4. The molecule has 26 heavy (non-hydrogen) atoms. The van der Waals surface area contributed by atoms with Crippen molar-refractivity contribution >= 4 is 11.7 Å². The van der Waals surface area contributed by atoms with Crippen LogP contribution in [0.4, 0.5) is 19.0 Å². The second-order valence-corrected chi connectivity index (χ2v) is 6.95. The van der Waals surface area contributed by atoms with Gasteiger partial charge in [0.2, 0.25) is 5.91 Å². The molecule has 1 aromatic rings. The number of alkyl halides is 3. The number of carbonyl (C=O) groups is 1. The van der Waals surface area contributed by atoms with Crippen molar-refractivity contribution in [1.82, 2.24) is 14.8 Å². The summed E-state index contributed by atoms with van der Waals surface area (Å²) in [6, 6.07) is 2.44. The molecule has 1 amide bonds. The van der Waals surface area contributed by atoms with Crippen LogP contribution in [0.15, 0.2) is 18.3 Å². The van der Waals surface area contributed by atoms with E-state index in [2.05, 4.69) is 16.8 Å². The lowest BCUT2D eigenvalue weighted by atomic mass is 10.1. The van der Waals surface area contributed by atoms with Crippen molar-refractivity contribution in [2.45, 2.75) is 25.9 Å². The van der Waals surface area contributed by atoms with Gasteiger partial charge in [-0.3, -0.25) is 4.79 Å². The molecule has 0 bridgehead atoms. The molecule has 3 rings (SSSR count). The molecule has 0 saturated carbocycles. The lowest BCUT2D eigenvalue weighted by molar-refractivity contribution is -0.138. The number of aromatic nitrogens is 1. The highest BCUT2D eigenvalue weighted by Crippen LogP contribution is 2.30. The van der Waals surface area contributed by atoms with E-state index in [1.807, 2.05) is 9.80 Å². The van der Waals surface area contributed by atoms with Gasteiger partial charge in [-0.1, -0.05) is 6.92 Å². The fourth-order valence-corrected chi connectivity index (χ4v) is 3.68. The van der Waals surface area contributed by atoms with Crippen molar-refractivity contribution < 1.29 is 18.0 Å². The van der Waals surface area contributed by atoms with Crippen molar-refractivity contribution in [2.24, 2.45) is 5.92 Å². The van der Waals surface area contributed by atoms with E-state index in [0.717, 1.165) is 57.8 Å². The summed E-state index contributed by atoms with van der Waals surface area (Å²) < 4.78 is 37.9. The van der Waals surface area contributed by atoms with Crippen LogP contribution >= 0.6 is 0 Å². The summed E-state index contributed by atoms with van der Waals surface area (Å²) in [4.78, 5) is 23.0. The minimum absolute atomic E-state index is 0.104. The van der Waals surface area contributed by atoms with Crippen LogP contribution < -0.4 is 4.90 Å². The van der Waals surface area contributed by atoms with Crippen molar-refractivity contribution in [3.63, 3.8) is 0 Å². The van der Waals surface area contributed by atoms with Crippen LogP contribution in [0.2, 0.25) is 0 Å². The molecule has 8 heteroatoms. The van der Waals surface area contributed by atoms with Gasteiger partial charge in [-0.25, -0.2) is 4.98 Å². The zero-order chi connectivity index (χ0) is 18.7. The Hall–Kier alpha value is -1.83. The van der Waals surface area contributed by atoms with Gasteiger partial charge < -0.3 is 14.7 Å². The Kier molecular flexibility index (Phi) is 5.70. The molecular formula is C18H25F3N4O. The summed E-state index contributed by atoms with van der Waals surface area (Å²) in [5, 5.41) is 0. The molecule has 2 saturated heterocycles. The zero-order valence-electron chi connectivity index (χ0n) is 15.0. The van der Waals surface area contributed by atoms with E-state index >= 15 is 0 Å². The third-order valence-electron chi connectivity index (χ3n) is 5.28. The Balaban J connectivity index is 1.58. The van der Waals surface area contributed by atoms with Crippen molar-refractivity contribution in [3.8, 4) is 0 Å². The predicted octanol–water partition coefficient (Wildman–Crippen LogP) is 2.48. The summed E-state index contributed by atoms with van der Waals surface area (Å²) in [5.41, 5.74) is -0.752. The number of anilines is 1. The first-order valence-corrected chi connectivity index (χ1v) is 9.18. The van der Waals surface area contributed by atoms with Gasteiger partial charge in [0.1, 0.15) is 5.82 Å². The SMILES string of the molecule is CCN1CCCN(C(=O)[C@H]2CCN(c3ccc(C(F)(F)F)cn3)C2)CC1. The fraction of sp³-hybridized carbons (Fsp3) is 0.667. The first-order chi connectivity index (χ1) is 12.4. The molecule has 0 N–H and O–H groups in total. The average Bonchev–Trinajstić information content (AvgIpc) is 2.99. The zero-order valence-corrected chi connectivity index (χ0v) is 15.0. The molecule has 1 atom stereocenters. The van der Waals surface area contributed by atoms with Gasteiger partial charge >= 0.3 is 6.18 Å². The van der Waals surface area contributed by atoms with Crippen LogP contribution in [0.5, 0.6) is 0 Å². The molecule has 0 radical (unpaired) electrons. The summed E-state index contributed by atoms with van der Waals surface area (Å²) in [7, 11) is 0. The van der Waals surface area contributed by atoms with Crippen LogP contribution in [0.1, 0.15) is 25.3 Å². The van der Waals surface area contributed by atoms with Gasteiger partial charge in [-0.05, 0) is 38.1 Å². The number of hydrogen-bond donors (Lipinski definition) is 0. The lowest BCUT2D eigenvalue weighted by Crippen LogP contribution is -2.40. The standard InChI is InChI=1S/C18H25F3N4O/c1-2-23-7-3-8-24(11-10-23)17(26)14-6-9-25(13-14)16-5-4-15(12-22-16)18(19,20)21/h4-5,12,14H,2-3,6-11,13H2,1H3/t14-/m0/s1. The maximum absolute atomic E-state index is 12.8. The quantitative estimate of drug-likeness (QED) is 0.820. The lowest BCUT2D eigenvalue weighted by Gasteiger charge is -2.24. The summed E-state index contributed by atoms with van der Waals surface area (Å²) in [5.74, 6) is 0.561. The number of carbonyl (C=O) groups excluding carboxylic acids is 1. The second-order valence-electron chi connectivity index (χ2n) is 6.95. The molecule has 0 unspecified atom stereocenters. The number of pyridine rings is 1. The minimum atomic E-state index is -4.38. The van der Waals surface area contributed by atoms with Gasteiger partial charge in [-0.2, -0.15) is 13.2 Å². The van der Waals surface area contributed by atoms with E-state index in [0.29, 0.717) is 18.9 Å². The number of amides is 1. The molecule has 0 aromatic carbocycles. The molecule has 2 aliphatic heterocycles. The first-order valence-electron chi connectivity index (χ1n) is 9.18. The maximum Gasteiger partial charge on any atom is 0.417 e. The third kappa shape index (κ3) is 4.28. The second kappa shape index (κ2) is 7.82. The van der Waals surface area contributed by atoms with E-state index in [1.165, 1.54) is 6.07 Å². The third-order valence-corrected chi connectivity index (χ3v) is 5.28. The Bertz CT molecular complexity index is 620. The van der Waals surface area contributed by atoms with Crippen LogP contribution in [0.3, 0.4) is 0 Å². The van der Waals surface area contributed by atoms with Gasteiger partial charge in [0, 0.05) is 38.9 Å². The highest BCUT2D eigenvalue weighted by Gasteiger charge is 2.34. The average molecular weight is 370 g/mol. The molecule has 5 nitrogen and oxygen atoms in total. The summed E-state index contributed by atoms with van der Waals surface area (Å²) in [6.07, 6.45) is -1.82. The molecular weight excluding hydrogens is 345 g/mol. The van der Waals surface area contributed by atoms with Crippen molar-refractivity contribution in [1.29, 1.82) is 0 Å². The number of halogens is 3. The normalized spacial score (nSPS) is 22.5. The van der Waals surface area contributed by atoms with Crippen LogP contribution in [0.25, 0.3) is 0 Å². The Morgan fingerprint density at radius 2 is 2.00 bits per heavy atom.